The normalized spacial score (nSPS) is 16.1. The van der Waals surface area contributed by atoms with Crippen LogP contribution in [0.3, 0.4) is 0 Å². The van der Waals surface area contributed by atoms with Crippen molar-refractivity contribution in [3.8, 4) is 11.5 Å². The first-order valence-electron chi connectivity index (χ1n) is 10.1. The number of sulfonamides is 1. The number of amides is 1. The molecule has 0 radical (unpaired) electrons. The van der Waals surface area contributed by atoms with Crippen LogP contribution in [0.1, 0.15) is 28.8 Å². The maximum Gasteiger partial charge on any atom is 0.251 e. The monoisotopic (exact) mass is 448 g/mol. The van der Waals surface area contributed by atoms with Gasteiger partial charge in [0.25, 0.3) is 5.91 Å². The maximum absolute atomic E-state index is 12.4. The van der Waals surface area contributed by atoms with E-state index in [1.807, 2.05) is 18.2 Å². The van der Waals surface area contributed by atoms with Crippen molar-refractivity contribution in [3.63, 3.8) is 0 Å². The molecule has 2 aromatic carbocycles. The molecule has 1 fully saturated rings. The Hall–Kier alpha value is -2.62. The molecule has 0 saturated carbocycles. The van der Waals surface area contributed by atoms with Gasteiger partial charge in [-0.2, -0.15) is 0 Å². The second-order valence-electron chi connectivity index (χ2n) is 7.19. The van der Waals surface area contributed by atoms with Crippen LogP contribution >= 0.6 is 0 Å². The van der Waals surface area contributed by atoms with Crippen LogP contribution < -0.4 is 19.5 Å². The summed E-state index contributed by atoms with van der Waals surface area (Å²) in [7, 11) is -0.460. The van der Waals surface area contributed by atoms with E-state index >= 15 is 0 Å². The summed E-state index contributed by atoms with van der Waals surface area (Å²) in [6.45, 7) is 1.31. The van der Waals surface area contributed by atoms with Crippen molar-refractivity contribution in [2.45, 2.75) is 30.3 Å². The van der Waals surface area contributed by atoms with E-state index in [9.17, 15) is 13.2 Å². The highest BCUT2D eigenvalue weighted by molar-refractivity contribution is 7.89. The lowest BCUT2D eigenvalue weighted by molar-refractivity contribution is 0.0954. The summed E-state index contributed by atoms with van der Waals surface area (Å²) in [5, 5.41) is 2.84. The first-order valence-corrected chi connectivity index (χ1v) is 11.6. The molecule has 31 heavy (non-hydrogen) atoms. The molecular weight excluding hydrogens is 420 g/mol. The van der Waals surface area contributed by atoms with Crippen LogP contribution in [0.2, 0.25) is 0 Å². The summed E-state index contributed by atoms with van der Waals surface area (Å²) in [4.78, 5) is 12.5. The Bertz CT molecular complexity index is 986. The fourth-order valence-corrected chi connectivity index (χ4v) is 4.43. The third-order valence-electron chi connectivity index (χ3n) is 5.12. The number of hydrogen-bond donors (Lipinski definition) is 2. The van der Waals surface area contributed by atoms with E-state index in [0.29, 0.717) is 30.9 Å². The van der Waals surface area contributed by atoms with Gasteiger partial charge in [0.15, 0.2) is 0 Å². The van der Waals surface area contributed by atoms with Gasteiger partial charge in [-0.25, -0.2) is 13.1 Å². The Kier molecular flexibility index (Phi) is 7.89. The van der Waals surface area contributed by atoms with E-state index in [1.165, 1.54) is 24.3 Å². The number of hydrogen-bond acceptors (Lipinski definition) is 6. The Labute approximate surface area is 182 Å². The minimum atomic E-state index is -3.64. The highest BCUT2D eigenvalue weighted by atomic mass is 32.2. The third-order valence-corrected chi connectivity index (χ3v) is 6.56. The van der Waals surface area contributed by atoms with Crippen LogP contribution in [-0.2, 0) is 21.2 Å². The Balaban J connectivity index is 1.54. The summed E-state index contributed by atoms with van der Waals surface area (Å²) in [6.07, 6.45) is 2.28. The molecule has 1 unspecified atom stereocenters. The number of benzene rings is 2. The molecule has 2 N–H and O–H groups in total. The molecule has 168 valence electrons. The van der Waals surface area contributed by atoms with Crippen LogP contribution in [0.25, 0.3) is 0 Å². The van der Waals surface area contributed by atoms with E-state index in [4.69, 9.17) is 14.2 Å². The fourth-order valence-electron chi connectivity index (χ4n) is 3.37. The predicted octanol–water partition coefficient (Wildman–Crippen LogP) is 2.13. The van der Waals surface area contributed by atoms with Crippen molar-refractivity contribution in [1.29, 1.82) is 0 Å². The zero-order valence-electron chi connectivity index (χ0n) is 17.7. The highest BCUT2D eigenvalue weighted by Gasteiger charge is 2.20. The zero-order chi connectivity index (χ0) is 22.3. The van der Waals surface area contributed by atoms with E-state index in [-0.39, 0.29) is 23.5 Å². The number of carbonyl (C=O) groups is 1. The van der Waals surface area contributed by atoms with Crippen molar-refractivity contribution in [2.75, 3.05) is 33.9 Å². The molecule has 1 saturated heterocycles. The summed E-state index contributed by atoms with van der Waals surface area (Å²) < 4.78 is 43.4. The molecule has 8 nitrogen and oxygen atoms in total. The van der Waals surface area contributed by atoms with Crippen LogP contribution in [0.15, 0.2) is 47.4 Å². The Morgan fingerprint density at radius 2 is 1.90 bits per heavy atom. The van der Waals surface area contributed by atoms with E-state index in [0.717, 1.165) is 24.2 Å². The van der Waals surface area contributed by atoms with E-state index in [1.54, 1.807) is 14.2 Å². The molecule has 1 aliphatic heterocycles. The fraction of sp³-hybridized carbons (Fsp3) is 0.409. The first kappa shape index (κ1) is 23.1. The molecule has 1 atom stereocenters. The van der Waals surface area contributed by atoms with Crippen LogP contribution in [0.5, 0.6) is 11.5 Å². The summed E-state index contributed by atoms with van der Waals surface area (Å²) >= 11 is 0. The van der Waals surface area contributed by atoms with Gasteiger partial charge in [0.05, 0.1) is 25.2 Å². The third kappa shape index (κ3) is 6.19. The van der Waals surface area contributed by atoms with Gasteiger partial charge in [-0.3, -0.25) is 4.79 Å². The van der Waals surface area contributed by atoms with E-state index < -0.39 is 10.0 Å². The number of methoxy groups -OCH3 is 2. The first-order chi connectivity index (χ1) is 14.9. The molecule has 0 aromatic heterocycles. The molecule has 1 aliphatic rings. The molecule has 9 heteroatoms. The Morgan fingerprint density at radius 3 is 2.55 bits per heavy atom. The van der Waals surface area contributed by atoms with Crippen LogP contribution in [-0.4, -0.2) is 54.3 Å². The molecule has 1 amide bonds. The second kappa shape index (κ2) is 10.6. The van der Waals surface area contributed by atoms with Crippen molar-refractivity contribution in [2.24, 2.45) is 0 Å². The molecule has 0 aliphatic carbocycles. The van der Waals surface area contributed by atoms with Crippen molar-refractivity contribution in [3.05, 3.63) is 53.6 Å². The maximum atomic E-state index is 12.4. The van der Waals surface area contributed by atoms with Crippen LogP contribution in [0, 0.1) is 0 Å². The van der Waals surface area contributed by atoms with Gasteiger partial charge in [0.2, 0.25) is 10.0 Å². The quantitative estimate of drug-likeness (QED) is 0.577. The second-order valence-corrected chi connectivity index (χ2v) is 8.96. The largest absolute Gasteiger partial charge is 0.497 e. The number of nitrogens with one attached hydrogen (secondary N) is 2. The lowest BCUT2D eigenvalue weighted by Crippen LogP contribution is -2.32. The zero-order valence-corrected chi connectivity index (χ0v) is 18.5. The number of rotatable bonds is 10. The smallest absolute Gasteiger partial charge is 0.251 e. The molecule has 3 rings (SSSR count). The molecule has 0 spiro atoms. The van der Waals surface area contributed by atoms with Gasteiger partial charge in [0.1, 0.15) is 11.5 Å². The number of carbonyl (C=O) groups excluding carboxylic acids is 1. The van der Waals surface area contributed by atoms with E-state index in [2.05, 4.69) is 10.0 Å². The molecular formula is C22H28N2O6S. The average molecular weight is 449 g/mol. The summed E-state index contributed by atoms with van der Waals surface area (Å²) in [6, 6.07) is 11.4. The topological polar surface area (TPSA) is 103 Å². The van der Waals surface area contributed by atoms with Crippen molar-refractivity contribution < 1.29 is 27.4 Å². The highest BCUT2D eigenvalue weighted by Crippen LogP contribution is 2.24. The molecule has 1 heterocycles. The SMILES string of the molecule is COc1ccc(OC)c(CCNC(=O)c2ccc(S(=O)(=O)NCC3CCCO3)cc2)c1. The van der Waals surface area contributed by atoms with Gasteiger partial charge < -0.3 is 19.5 Å². The Morgan fingerprint density at radius 1 is 1.13 bits per heavy atom. The summed E-state index contributed by atoms with van der Waals surface area (Å²) in [5.74, 6) is 1.16. The van der Waals surface area contributed by atoms with Gasteiger partial charge in [-0.15, -0.1) is 0 Å². The van der Waals surface area contributed by atoms with Gasteiger partial charge in [-0.1, -0.05) is 0 Å². The predicted molar refractivity (Wildman–Crippen MR) is 116 cm³/mol. The lowest BCUT2D eigenvalue weighted by Gasteiger charge is -2.12. The van der Waals surface area contributed by atoms with Crippen molar-refractivity contribution in [1.82, 2.24) is 10.0 Å². The minimum Gasteiger partial charge on any atom is -0.497 e. The average Bonchev–Trinajstić information content (AvgIpc) is 3.31. The van der Waals surface area contributed by atoms with Gasteiger partial charge in [0, 0.05) is 25.3 Å². The lowest BCUT2D eigenvalue weighted by atomic mass is 10.1. The minimum absolute atomic E-state index is 0.0805. The molecule has 0 bridgehead atoms. The van der Waals surface area contributed by atoms with Gasteiger partial charge >= 0.3 is 0 Å². The van der Waals surface area contributed by atoms with Crippen LogP contribution in [0.4, 0.5) is 0 Å². The molecule has 2 aromatic rings. The van der Waals surface area contributed by atoms with Gasteiger partial charge in [-0.05, 0) is 67.3 Å². The summed E-state index contributed by atoms with van der Waals surface area (Å²) in [5.41, 5.74) is 1.30. The standard InChI is InChI=1S/C22H28N2O6S/c1-28-18-7-10-21(29-2)17(14-18)11-12-23-22(25)16-5-8-20(9-6-16)31(26,27)24-15-19-4-3-13-30-19/h5-10,14,19,24H,3-4,11-13,15H2,1-2H3,(H,23,25). The van der Waals surface area contributed by atoms with Crippen molar-refractivity contribution >= 4 is 15.9 Å². The number of ether oxygens (including phenoxy) is 3.